The molecule has 0 unspecified atom stereocenters. The molecule has 0 radical (unpaired) electrons. The number of rotatable bonds is 4. The summed E-state index contributed by atoms with van der Waals surface area (Å²) >= 11 is 0. The molecule has 0 bridgehead atoms. The molecule has 0 spiro atoms. The second-order valence-electron chi connectivity index (χ2n) is 5.74. The zero-order valence-corrected chi connectivity index (χ0v) is 14.5. The Morgan fingerprint density at radius 2 is 1.83 bits per heavy atom. The van der Waals surface area contributed by atoms with Crippen molar-refractivity contribution in [1.82, 2.24) is 14.7 Å². The molecule has 0 atom stereocenters. The van der Waals surface area contributed by atoms with Crippen LogP contribution in [0.5, 0.6) is 5.75 Å². The Kier molecular flexibility index (Phi) is 6.36. The molecule has 2 aromatic rings. The lowest BCUT2D eigenvalue weighted by Crippen LogP contribution is -2.40. The van der Waals surface area contributed by atoms with E-state index in [1.807, 2.05) is 0 Å². The maximum Gasteiger partial charge on any atom is 0.269 e. The molecule has 6 nitrogen and oxygen atoms in total. The van der Waals surface area contributed by atoms with Crippen molar-refractivity contribution in [2.45, 2.75) is 13.5 Å². The maximum atomic E-state index is 12.3. The number of phenols is 1. The Labute approximate surface area is 147 Å². The van der Waals surface area contributed by atoms with Crippen LogP contribution in [-0.4, -0.2) is 52.6 Å². The fraction of sp³-hybridized carbons (Fsp3) is 0.412. The minimum atomic E-state index is -0.0548. The third-order valence-electron chi connectivity index (χ3n) is 4.05. The van der Waals surface area contributed by atoms with Gasteiger partial charge >= 0.3 is 0 Å². The van der Waals surface area contributed by atoms with Crippen molar-refractivity contribution in [3.63, 3.8) is 0 Å². The van der Waals surface area contributed by atoms with Gasteiger partial charge in [-0.05, 0) is 37.3 Å². The van der Waals surface area contributed by atoms with E-state index in [-0.39, 0.29) is 23.7 Å². The number of aromatic hydroxyl groups is 1. The van der Waals surface area contributed by atoms with Crippen molar-refractivity contribution in [2.24, 2.45) is 0 Å². The van der Waals surface area contributed by atoms with Crippen LogP contribution in [-0.2, 0) is 11.3 Å². The number of nitrogens with zero attached hydrogens (tertiary/aromatic N) is 3. The van der Waals surface area contributed by atoms with E-state index >= 15 is 0 Å². The van der Waals surface area contributed by atoms with Crippen molar-refractivity contribution in [3.8, 4) is 17.0 Å². The smallest absolute Gasteiger partial charge is 0.269 e. The molecule has 1 aliphatic heterocycles. The lowest BCUT2D eigenvalue weighted by molar-refractivity contribution is 0.0358. The average molecular weight is 352 g/mol. The molecule has 0 saturated carbocycles. The number of morpholine rings is 1. The molecule has 24 heavy (non-hydrogen) atoms. The minimum absolute atomic E-state index is 0. The summed E-state index contributed by atoms with van der Waals surface area (Å²) in [4.78, 5) is 14.6. The highest BCUT2D eigenvalue weighted by molar-refractivity contribution is 5.85. The first kappa shape index (κ1) is 18.4. The van der Waals surface area contributed by atoms with E-state index in [0.29, 0.717) is 12.1 Å². The first-order valence-electron chi connectivity index (χ1n) is 7.82. The molecule has 130 valence electrons. The molecule has 0 aliphatic carbocycles. The van der Waals surface area contributed by atoms with Crippen LogP contribution in [0.15, 0.2) is 35.1 Å². The summed E-state index contributed by atoms with van der Waals surface area (Å²) in [5, 5.41) is 13.9. The van der Waals surface area contributed by atoms with Gasteiger partial charge < -0.3 is 9.84 Å². The fourth-order valence-electron chi connectivity index (χ4n) is 2.66. The predicted molar refractivity (Wildman–Crippen MR) is 94.8 cm³/mol. The first-order chi connectivity index (χ1) is 11.1. The molecule has 1 aromatic carbocycles. The molecular weight excluding hydrogens is 330 g/mol. The molecule has 1 fully saturated rings. The Morgan fingerprint density at radius 1 is 1.17 bits per heavy atom. The van der Waals surface area contributed by atoms with E-state index < -0.39 is 0 Å². The van der Waals surface area contributed by atoms with Crippen LogP contribution in [0.2, 0.25) is 0 Å². The summed E-state index contributed by atoms with van der Waals surface area (Å²) in [5.74, 6) is 0.214. The monoisotopic (exact) mass is 351 g/mol. The molecule has 2 heterocycles. The van der Waals surface area contributed by atoms with Gasteiger partial charge in [-0.15, -0.1) is 12.4 Å². The van der Waals surface area contributed by atoms with E-state index in [1.54, 1.807) is 37.3 Å². The lowest BCUT2D eigenvalue weighted by Gasteiger charge is -2.26. The highest BCUT2D eigenvalue weighted by Crippen LogP contribution is 2.19. The van der Waals surface area contributed by atoms with E-state index in [4.69, 9.17) is 4.74 Å². The van der Waals surface area contributed by atoms with Crippen LogP contribution >= 0.6 is 12.4 Å². The van der Waals surface area contributed by atoms with Gasteiger partial charge in [0.05, 0.1) is 25.5 Å². The highest BCUT2D eigenvalue weighted by Gasteiger charge is 2.12. The number of hydrogen-bond acceptors (Lipinski definition) is 5. The van der Waals surface area contributed by atoms with Gasteiger partial charge in [0.15, 0.2) is 0 Å². The van der Waals surface area contributed by atoms with Gasteiger partial charge in [-0.2, -0.15) is 5.10 Å². The number of hydrogen-bond donors (Lipinski definition) is 1. The first-order valence-corrected chi connectivity index (χ1v) is 7.82. The Morgan fingerprint density at radius 3 is 2.50 bits per heavy atom. The molecule has 1 aliphatic rings. The van der Waals surface area contributed by atoms with Gasteiger partial charge in [-0.1, -0.05) is 0 Å². The van der Waals surface area contributed by atoms with Gasteiger partial charge in [0.2, 0.25) is 0 Å². The topological polar surface area (TPSA) is 67.6 Å². The van der Waals surface area contributed by atoms with Gasteiger partial charge in [0, 0.05) is 30.8 Å². The van der Waals surface area contributed by atoms with Crippen molar-refractivity contribution in [1.29, 1.82) is 0 Å². The SMILES string of the molecule is Cc1cc(-c2ccc(O)cc2)nn(CCN2CCOCC2)c1=O.Cl. The van der Waals surface area contributed by atoms with E-state index in [0.717, 1.165) is 44.1 Å². The summed E-state index contributed by atoms with van der Waals surface area (Å²) in [6.07, 6.45) is 0. The van der Waals surface area contributed by atoms with Gasteiger partial charge in [-0.25, -0.2) is 4.68 Å². The van der Waals surface area contributed by atoms with Crippen LogP contribution < -0.4 is 5.56 Å². The quantitative estimate of drug-likeness (QED) is 0.907. The lowest BCUT2D eigenvalue weighted by atomic mass is 10.1. The van der Waals surface area contributed by atoms with Crippen LogP contribution in [0.4, 0.5) is 0 Å². The average Bonchev–Trinajstić information content (AvgIpc) is 2.58. The van der Waals surface area contributed by atoms with Crippen molar-refractivity contribution in [2.75, 3.05) is 32.8 Å². The summed E-state index contributed by atoms with van der Waals surface area (Å²) in [6, 6.07) is 8.63. The van der Waals surface area contributed by atoms with Crippen LogP contribution in [0.1, 0.15) is 5.56 Å². The zero-order valence-electron chi connectivity index (χ0n) is 13.6. The standard InChI is InChI=1S/C17H21N3O3.ClH/c1-13-12-16(14-2-4-15(21)5-3-14)18-20(17(13)22)7-6-19-8-10-23-11-9-19;/h2-5,12,21H,6-11H2,1H3;1H. The normalized spacial score (nSPS) is 15.0. The Balaban J connectivity index is 0.00000208. The molecule has 1 saturated heterocycles. The third-order valence-corrected chi connectivity index (χ3v) is 4.05. The predicted octanol–water partition coefficient (Wildman–Crippen LogP) is 1.68. The van der Waals surface area contributed by atoms with E-state index in [2.05, 4.69) is 10.00 Å². The largest absolute Gasteiger partial charge is 0.508 e. The molecule has 0 amide bonds. The second kappa shape index (κ2) is 8.28. The number of halogens is 1. The molecular formula is C17H22ClN3O3. The van der Waals surface area contributed by atoms with Crippen LogP contribution in [0.3, 0.4) is 0 Å². The molecule has 1 N–H and O–H groups in total. The Bertz CT molecular complexity index is 725. The maximum absolute atomic E-state index is 12.3. The minimum Gasteiger partial charge on any atom is -0.508 e. The Hall–Kier alpha value is -1.89. The van der Waals surface area contributed by atoms with Gasteiger partial charge in [0.1, 0.15) is 5.75 Å². The number of ether oxygens (including phenoxy) is 1. The number of aryl methyl sites for hydroxylation is 1. The van der Waals surface area contributed by atoms with Crippen molar-refractivity contribution >= 4 is 12.4 Å². The summed E-state index contributed by atoms with van der Waals surface area (Å²) in [5.41, 5.74) is 2.24. The number of aromatic nitrogens is 2. The summed E-state index contributed by atoms with van der Waals surface area (Å²) in [7, 11) is 0. The summed E-state index contributed by atoms with van der Waals surface area (Å²) < 4.78 is 6.87. The fourth-order valence-corrected chi connectivity index (χ4v) is 2.66. The molecule has 7 heteroatoms. The second-order valence-corrected chi connectivity index (χ2v) is 5.74. The summed E-state index contributed by atoms with van der Waals surface area (Å²) in [6.45, 7) is 6.43. The van der Waals surface area contributed by atoms with E-state index in [9.17, 15) is 9.90 Å². The van der Waals surface area contributed by atoms with E-state index in [1.165, 1.54) is 4.68 Å². The molecule has 1 aromatic heterocycles. The van der Waals surface area contributed by atoms with Crippen molar-refractivity contribution < 1.29 is 9.84 Å². The third kappa shape index (κ3) is 4.35. The van der Waals surface area contributed by atoms with Crippen molar-refractivity contribution in [3.05, 3.63) is 46.2 Å². The van der Waals surface area contributed by atoms with Crippen LogP contribution in [0, 0.1) is 6.92 Å². The molecule has 3 rings (SSSR count). The number of benzene rings is 1. The highest BCUT2D eigenvalue weighted by atomic mass is 35.5. The number of phenolic OH excluding ortho intramolecular Hbond substituents is 1. The van der Waals surface area contributed by atoms with Gasteiger partial charge in [-0.3, -0.25) is 9.69 Å². The van der Waals surface area contributed by atoms with Crippen LogP contribution in [0.25, 0.3) is 11.3 Å². The van der Waals surface area contributed by atoms with Gasteiger partial charge in [0.25, 0.3) is 5.56 Å². The zero-order chi connectivity index (χ0) is 16.2.